The van der Waals surface area contributed by atoms with E-state index in [0.717, 1.165) is 12.3 Å². The smallest absolute Gasteiger partial charge is 0.286 e. The molecule has 2 aromatic carbocycles. The third kappa shape index (κ3) is 6.97. The van der Waals surface area contributed by atoms with E-state index in [9.17, 15) is 34.8 Å². The van der Waals surface area contributed by atoms with Gasteiger partial charge in [-0.1, -0.05) is 38.1 Å². The third-order valence-electron chi connectivity index (χ3n) is 6.96. The van der Waals surface area contributed by atoms with Crippen LogP contribution in [0.3, 0.4) is 0 Å². The first-order valence-electron chi connectivity index (χ1n) is 13.2. The van der Waals surface area contributed by atoms with Crippen LogP contribution in [0.25, 0.3) is 0 Å². The van der Waals surface area contributed by atoms with Crippen molar-refractivity contribution >= 4 is 58.8 Å². The van der Waals surface area contributed by atoms with Crippen molar-refractivity contribution in [3.63, 3.8) is 0 Å². The first kappa shape index (κ1) is 32.7. The monoisotopic (exact) mass is 655 g/mol. The largest absolute Gasteiger partial charge is 0.341 e. The summed E-state index contributed by atoms with van der Waals surface area (Å²) in [5, 5.41) is 2.76. The van der Waals surface area contributed by atoms with E-state index in [-0.39, 0.29) is 46.3 Å². The number of nitrogens with one attached hydrogen (secondary N) is 4. The van der Waals surface area contributed by atoms with Gasteiger partial charge in [-0.3, -0.25) is 14.3 Å². The Morgan fingerprint density at radius 2 is 1.79 bits per heavy atom. The van der Waals surface area contributed by atoms with Crippen LogP contribution in [0.4, 0.5) is 11.4 Å². The van der Waals surface area contributed by atoms with Gasteiger partial charge in [0.1, 0.15) is 22.2 Å². The molecule has 0 bridgehead atoms. The summed E-state index contributed by atoms with van der Waals surface area (Å²) >= 11 is 0. The standard InChI is InChI=1S/C26H33N5O9S3/c1-16(2)11-12-26(31-42(36,37)14-13-27-40-3)19-8-6-5-7-18(19)23(32)22(24(26)33)25-28-20-10-9-17(29-41(4,34)35)15-21(20)43(38,39)30-25/h5-10,15-16,22,27,29,31H,11-14H2,1-4H3,(H,28,30). The molecule has 234 valence electrons. The molecule has 0 saturated heterocycles. The van der Waals surface area contributed by atoms with Crippen LogP contribution in [0.1, 0.15) is 42.6 Å². The summed E-state index contributed by atoms with van der Waals surface area (Å²) in [5.41, 5.74) is 0.677. The van der Waals surface area contributed by atoms with Crippen molar-refractivity contribution < 1.29 is 39.7 Å². The molecule has 0 fully saturated rings. The van der Waals surface area contributed by atoms with Crippen LogP contribution in [-0.4, -0.2) is 68.3 Å². The molecule has 17 heteroatoms. The van der Waals surface area contributed by atoms with Gasteiger partial charge in [-0.15, -0.1) is 4.40 Å². The van der Waals surface area contributed by atoms with Crippen molar-refractivity contribution in [3.8, 4) is 0 Å². The highest BCUT2D eigenvalue weighted by atomic mass is 32.2. The topological polar surface area (TPSA) is 206 Å². The maximum absolute atomic E-state index is 14.5. The quantitative estimate of drug-likeness (QED) is 0.146. The summed E-state index contributed by atoms with van der Waals surface area (Å²) in [6.07, 6.45) is 1.27. The zero-order chi connectivity index (χ0) is 31.8. The lowest BCUT2D eigenvalue weighted by molar-refractivity contribution is -0.126. The molecule has 2 unspecified atom stereocenters. The van der Waals surface area contributed by atoms with Gasteiger partial charge in [0.05, 0.1) is 24.8 Å². The molecular weight excluding hydrogens is 623 g/mol. The number of hydrogen-bond acceptors (Lipinski definition) is 11. The molecule has 4 rings (SSSR count). The van der Waals surface area contributed by atoms with E-state index in [1.165, 1.54) is 31.4 Å². The number of anilines is 2. The van der Waals surface area contributed by atoms with Crippen LogP contribution < -0.4 is 20.2 Å². The van der Waals surface area contributed by atoms with Crippen LogP contribution in [-0.2, 0) is 45.2 Å². The van der Waals surface area contributed by atoms with E-state index < -0.39 is 64.7 Å². The van der Waals surface area contributed by atoms with Gasteiger partial charge in [0.2, 0.25) is 20.0 Å². The Bertz CT molecular complexity index is 1810. The molecule has 0 amide bonds. The number of rotatable bonds is 12. The first-order valence-corrected chi connectivity index (χ1v) is 18.2. The van der Waals surface area contributed by atoms with E-state index >= 15 is 0 Å². The molecule has 1 heterocycles. The normalized spacial score (nSPS) is 21.5. The highest BCUT2D eigenvalue weighted by Gasteiger charge is 2.55. The number of fused-ring (bicyclic) bond motifs is 2. The summed E-state index contributed by atoms with van der Waals surface area (Å²) in [7, 11) is -11.1. The number of Topliss-reactive ketones (excluding diaryl/α,β-unsaturated/α-hetero) is 2. The fourth-order valence-corrected chi connectivity index (χ4v) is 8.10. The van der Waals surface area contributed by atoms with Gasteiger partial charge < -0.3 is 10.2 Å². The molecule has 14 nitrogen and oxygen atoms in total. The van der Waals surface area contributed by atoms with Crippen LogP contribution in [0.5, 0.6) is 0 Å². The number of amidine groups is 1. The predicted octanol–water partition coefficient (Wildman–Crippen LogP) is 1.35. The minimum Gasteiger partial charge on any atom is -0.341 e. The van der Waals surface area contributed by atoms with Gasteiger partial charge in [-0.05, 0) is 42.5 Å². The Balaban J connectivity index is 1.85. The first-order chi connectivity index (χ1) is 20.0. The van der Waals surface area contributed by atoms with Crippen LogP contribution in [0.2, 0.25) is 0 Å². The Hall–Kier alpha value is -3.22. The second-order valence-corrected chi connectivity index (χ2v) is 15.9. The van der Waals surface area contributed by atoms with Crippen molar-refractivity contribution in [2.45, 2.75) is 37.1 Å². The van der Waals surface area contributed by atoms with E-state index in [0.29, 0.717) is 6.42 Å². The van der Waals surface area contributed by atoms with Gasteiger partial charge in [0, 0.05) is 17.8 Å². The molecule has 0 radical (unpaired) electrons. The fourth-order valence-electron chi connectivity index (χ4n) is 5.07. The SMILES string of the molecule is CONCCS(=O)(=O)NC1(CCC(C)C)C(=O)C(C2=NS(=O)(=O)c3cc(NS(C)(=O)=O)ccc3N2)C(=O)c2ccccc21. The van der Waals surface area contributed by atoms with E-state index in [1.54, 1.807) is 12.1 Å². The average Bonchev–Trinajstić information content (AvgIpc) is 2.89. The number of nitrogens with zero attached hydrogens (tertiary/aromatic N) is 1. The second-order valence-electron chi connectivity index (χ2n) is 10.7. The van der Waals surface area contributed by atoms with Crippen molar-refractivity contribution in [2.75, 3.05) is 35.7 Å². The van der Waals surface area contributed by atoms with Gasteiger partial charge in [-0.25, -0.2) is 22.3 Å². The van der Waals surface area contributed by atoms with Crippen LogP contribution in [0, 0.1) is 11.8 Å². The van der Waals surface area contributed by atoms with Gasteiger partial charge >= 0.3 is 0 Å². The third-order valence-corrected chi connectivity index (χ3v) is 10.3. The van der Waals surface area contributed by atoms with Gasteiger partial charge in [-0.2, -0.15) is 13.1 Å². The molecule has 0 saturated carbocycles. The van der Waals surface area contributed by atoms with E-state index in [4.69, 9.17) is 4.84 Å². The lowest BCUT2D eigenvalue weighted by atomic mass is 9.67. The Morgan fingerprint density at radius 1 is 1.09 bits per heavy atom. The average molecular weight is 656 g/mol. The zero-order valence-electron chi connectivity index (χ0n) is 23.9. The summed E-state index contributed by atoms with van der Waals surface area (Å²) in [6, 6.07) is 9.76. The number of ketones is 2. The van der Waals surface area contributed by atoms with Crippen molar-refractivity contribution in [1.29, 1.82) is 0 Å². The zero-order valence-corrected chi connectivity index (χ0v) is 26.3. The Labute approximate surface area is 250 Å². The maximum Gasteiger partial charge on any atom is 0.286 e. The minimum atomic E-state index is -4.53. The number of hydroxylamine groups is 1. The molecule has 2 aliphatic rings. The molecular formula is C26H33N5O9S3. The molecule has 0 aromatic heterocycles. The molecule has 4 N–H and O–H groups in total. The fraction of sp³-hybridized carbons (Fsp3) is 0.423. The lowest BCUT2D eigenvalue weighted by Crippen LogP contribution is -2.61. The number of benzene rings is 2. The summed E-state index contributed by atoms with van der Waals surface area (Å²) in [6.45, 7) is 3.70. The van der Waals surface area contributed by atoms with Crippen molar-refractivity contribution in [2.24, 2.45) is 16.2 Å². The molecule has 2 aromatic rings. The number of sulfonamides is 3. The van der Waals surface area contributed by atoms with E-state index in [2.05, 4.69) is 24.6 Å². The highest BCUT2D eigenvalue weighted by molar-refractivity contribution is 7.92. The predicted molar refractivity (Wildman–Crippen MR) is 160 cm³/mol. The summed E-state index contributed by atoms with van der Waals surface area (Å²) in [4.78, 5) is 32.7. The second kappa shape index (κ2) is 12.0. The molecule has 1 aliphatic heterocycles. The number of carbonyl (C=O) groups is 2. The Morgan fingerprint density at radius 3 is 2.44 bits per heavy atom. The van der Waals surface area contributed by atoms with Crippen molar-refractivity contribution in [1.82, 2.24) is 10.2 Å². The van der Waals surface area contributed by atoms with Crippen molar-refractivity contribution in [3.05, 3.63) is 53.6 Å². The lowest BCUT2D eigenvalue weighted by Gasteiger charge is -2.41. The van der Waals surface area contributed by atoms with Gasteiger partial charge in [0.15, 0.2) is 11.6 Å². The summed E-state index contributed by atoms with van der Waals surface area (Å²) in [5.74, 6) is -4.32. The molecule has 43 heavy (non-hydrogen) atoms. The highest BCUT2D eigenvalue weighted by Crippen LogP contribution is 2.42. The summed E-state index contributed by atoms with van der Waals surface area (Å²) < 4.78 is 85.0. The van der Waals surface area contributed by atoms with Crippen LogP contribution >= 0.6 is 0 Å². The van der Waals surface area contributed by atoms with E-state index in [1.807, 2.05) is 13.8 Å². The number of hydrogen-bond donors (Lipinski definition) is 4. The molecule has 0 spiro atoms. The molecule has 2 atom stereocenters. The van der Waals surface area contributed by atoms with Crippen LogP contribution in [0.15, 0.2) is 51.8 Å². The minimum absolute atomic E-state index is 0.0155. The maximum atomic E-state index is 14.5. The van der Waals surface area contributed by atoms with Gasteiger partial charge in [0.25, 0.3) is 10.0 Å². The Kier molecular flexibility index (Phi) is 9.16. The number of carbonyl (C=O) groups excluding carboxylic acids is 2. The molecule has 1 aliphatic carbocycles.